The Morgan fingerprint density at radius 1 is 1.57 bits per heavy atom. The number of nitrogens with two attached hydrogens (primary N) is 1. The van der Waals surface area contributed by atoms with Crippen molar-refractivity contribution in [3.63, 3.8) is 0 Å². The first-order valence-corrected chi connectivity index (χ1v) is 5.94. The van der Waals surface area contributed by atoms with Gasteiger partial charge in [0.15, 0.2) is 0 Å². The molecule has 3 N–H and O–H groups in total. The van der Waals surface area contributed by atoms with E-state index in [0.29, 0.717) is 12.5 Å². The van der Waals surface area contributed by atoms with E-state index in [1.165, 1.54) is 6.42 Å². The van der Waals surface area contributed by atoms with E-state index in [-0.39, 0.29) is 11.5 Å². The van der Waals surface area contributed by atoms with Crippen LogP contribution >= 0.6 is 0 Å². The summed E-state index contributed by atoms with van der Waals surface area (Å²) in [5, 5.41) is 10.3. The summed E-state index contributed by atoms with van der Waals surface area (Å²) in [6, 6.07) is 0. The Labute approximate surface area is 87.9 Å². The Bertz CT molecular complexity index is 183. The van der Waals surface area contributed by atoms with Crippen molar-refractivity contribution in [1.82, 2.24) is 0 Å². The van der Waals surface area contributed by atoms with E-state index in [1.807, 2.05) is 0 Å². The predicted molar refractivity (Wildman–Crippen MR) is 60.0 cm³/mol. The summed E-state index contributed by atoms with van der Waals surface area (Å²) < 4.78 is 0. The summed E-state index contributed by atoms with van der Waals surface area (Å²) in [4.78, 5) is 0. The van der Waals surface area contributed by atoms with Crippen LogP contribution in [0.2, 0.25) is 0 Å². The van der Waals surface area contributed by atoms with E-state index >= 15 is 0 Å². The van der Waals surface area contributed by atoms with Crippen LogP contribution in [0.15, 0.2) is 0 Å². The molecule has 0 spiro atoms. The zero-order chi connectivity index (χ0) is 10.8. The van der Waals surface area contributed by atoms with Crippen molar-refractivity contribution < 1.29 is 5.11 Å². The molecule has 0 aliphatic heterocycles. The molecule has 1 saturated carbocycles. The normalized spacial score (nSPS) is 37.1. The Hall–Kier alpha value is -0.0800. The largest absolute Gasteiger partial charge is 0.392 e. The average Bonchev–Trinajstić information content (AvgIpc) is 2.59. The molecule has 0 aromatic heterocycles. The number of hydrogen-bond donors (Lipinski definition) is 2. The molecule has 0 bridgehead atoms. The second kappa shape index (κ2) is 4.63. The van der Waals surface area contributed by atoms with Gasteiger partial charge in [-0.25, -0.2) is 0 Å². The molecule has 1 aliphatic carbocycles. The molecular weight excluding hydrogens is 174 g/mol. The van der Waals surface area contributed by atoms with E-state index < -0.39 is 0 Å². The van der Waals surface area contributed by atoms with Gasteiger partial charge in [0.2, 0.25) is 0 Å². The highest BCUT2D eigenvalue weighted by atomic mass is 16.3. The molecule has 2 nitrogen and oxygen atoms in total. The quantitative estimate of drug-likeness (QED) is 0.729. The average molecular weight is 199 g/mol. The van der Waals surface area contributed by atoms with Crippen LogP contribution in [-0.4, -0.2) is 17.8 Å². The number of aliphatic hydroxyl groups is 1. The Balaban J connectivity index is 2.69. The minimum absolute atomic E-state index is 0.0227. The summed E-state index contributed by atoms with van der Waals surface area (Å²) in [5.41, 5.74) is 5.89. The van der Waals surface area contributed by atoms with E-state index in [0.717, 1.165) is 25.2 Å². The van der Waals surface area contributed by atoms with Crippen LogP contribution < -0.4 is 5.73 Å². The first kappa shape index (κ1) is 12.0. The van der Waals surface area contributed by atoms with Gasteiger partial charge < -0.3 is 10.8 Å². The summed E-state index contributed by atoms with van der Waals surface area (Å²) >= 11 is 0. The van der Waals surface area contributed by atoms with Crippen molar-refractivity contribution in [3.05, 3.63) is 0 Å². The molecule has 84 valence electrons. The van der Waals surface area contributed by atoms with E-state index in [1.54, 1.807) is 0 Å². The second-order valence-electron chi connectivity index (χ2n) is 5.24. The third-order valence-electron chi connectivity index (χ3n) is 4.11. The number of aliphatic hydroxyl groups excluding tert-OH is 1. The highest BCUT2D eigenvalue weighted by Crippen LogP contribution is 2.45. The van der Waals surface area contributed by atoms with Crippen molar-refractivity contribution in [2.75, 3.05) is 6.54 Å². The summed E-state index contributed by atoms with van der Waals surface area (Å²) in [7, 11) is 0. The van der Waals surface area contributed by atoms with Gasteiger partial charge in [0.05, 0.1) is 6.10 Å². The fourth-order valence-electron chi connectivity index (χ4n) is 2.83. The lowest BCUT2D eigenvalue weighted by Gasteiger charge is -2.36. The van der Waals surface area contributed by atoms with E-state index in [4.69, 9.17) is 5.73 Å². The molecule has 0 radical (unpaired) electrons. The lowest BCUT2D eigenvalue weighted by atomic mass is 9.74. The maximum Gasteiger partial charge on any atom is 0.0633 e. The molecule has 0 saturated heterocycles. The van der Waals surface area contributed by atoms with Gasteiger partial charge in [-0.2, -0.15) is 0 Å². The lowest BCUT2D eigenvalue weighted by molar-refractivity contribution is -0.00893. The zero-order valence-corrected chi connectivity index (χ0v) is 9.79. The Morgan fingerprint density at radius 3 is 2.57 bits per heavy atom. The fourth-order valence-corrected chi connectivity index (χ4v) is 2.83. The van der Waals surface area contributed by atoms with Gasteiger partial charge in [-0.15, -0.1) is 0 Å². The molecule has 0 amide bonds. The fraction of sp³-hybridized carbons (Fsp3) is 1.00. The van der Waals surface area contributed by atoms with Crippen LogP contribution in [0, 0.1) is 17.3 Å². The SMILES string of the molecule is CCC(C)C(O)C1(CN)CCC(C)C1. The molecule has 0 heterocycles. The molecule has 1 aliphatic rings. The van der Waals surface area contributed by atoms with Crippen LogP contribution in [0.5, 0.6) is 0 Å². The second-order valence-corrected chi connectivity index (χ2v) is 5.24. The van der Waals surface area contributed by atoms with Gasteiger partial charge in [-0.3, -0.25) is 0 Å². The van der Waals surface area contributed by atoms with Crippen LogP contribution in [0.1, 0.15) is 46.5 Å². The molecule has 0 aromatic carbocycles. The predicted octanol–water partition coefficient (Wildman–Crippen LogP) is 2.16. The van der Waals surface area contributed by atoms with Gasteiger partial charge in [-0.1, -0.05) is 33.6 Å². The summed E-state index contributed by atoms with van der Waals surface area (Å²) in [6.07, 6.45) is 4.27. The Kier molecular flexibility index (Phi) is 3.96. The van der Waals surface area contributed by atoms with Gasteiger partial charge in [0.25, 0.3) is 0 Å². The molecule has 14 heavy (non-hydrogen) atoms. The van der Waals surface area contributed by atoms with Crippen LogP contribution in [-0.2, 0) is 0 Å². The summed E-state index contributed by atoms with van der Waals surface area (Å²) in [5.74, 6) is 1.11. The molecule has 1 fully saturated rings. The van der Waals surface area contributed by atoms with Crippen molar-refractivity contribution in [2.24, 2.45) is 23.0 Å². The number of rotatable bonds is 4. The number of hydrogen-bond acceptors (Lipinski definition) is 2. The summed E-state index contributed by atoms with van der Waals surface area (Å²) in [6.45, 7) is 7.17. The first-order valence-electron chi connectivity index (χ1n) is 5.94. The molecule has 4 unspecified atom stereocenters. The molecule has 2 heteroatoms. The smallest absolute Gasteiger partial charge is 0.0633 e. The molecule has 0 aromatic rings. The zero-order valence-electron chi connectivity index (χ0n) is 9.79. The third-order valence-corrected chi connectivity index (χ3v) is 4.11. The van der Waals surface area contributed by atoms with Crippen molar-refractivity contribution in [1.29, 1.82) is 0 Å². The molecule has 1 rings (SSSR count). The topological polar surface area (TPSA) is 46.2 Å². The molecule has 4 atom stereocenters. The van der Waals surface area contributed by atoms with Crippen LogP contribution in [0.4, 0.5) is 0 Å². The van der Waals surface area contributed by atoms with E-state index in [2.05, 4.69) is 20.8 Å². The van der Waals surface area contributed by atoms with Crippen molar-refractivity contribution in [2.45, 2.75) is 52.6 Å². The van der Waals surface area contributed by atoms with Crippen molar-refractivity contribution >= 4 is 0 Å². The van der Waals surface area contributed by atoms with E-state index in [9.17, 15) is 5.11 Å². The maximum absolute atomic E-state index is 10.3. The van der Waals surface area contributed by atoms with Gasteiger partial charge >= 0.3 is 0 Å². The highest BCUT2D eigenvalue weighted by Gasteiger charge is 2.43. The lowest BCUT2D eigenvalue weighted by Crippen LogP contribution is -2.43. The minimum Gasteiger partial charge on any atom is -0.392 e. The molecular formula is C12H25NO. The van der Waals surface area contributed by atoms with Gasteiger partial charge in [0, 0.05) is 12.0 Å². The standard InChI is InChI=1S/C12H25NO/c1-4-10(3)11(14)12(8-13)6-5-9(2)7-12/h9-11,14H,4-8,13H2,1-3H3. The third kappa shape index (κ3) is 2.12. The highest BCUT2D eigenvalue weighted by molar-refractivity contribution is 4.95. The monoisotopic (exact) mass is 199 g/mol. The first-order chi connectivity index (χ1) is 6.55. The van der Waals surface area contributed by atoms with Crippen LogP contribution in [0.3, 0.4) is 0 Å². The Morgan fingerprint density at radius 2 is 2.21 bits per heavy atom. The maximum atomic E-state index is 10.3. The minimum atomic E-state index is -0.206. The van der Waals surface area contributed by atoms with Gasteiger partial charge in [-0.05, 0) is 24.7 Å². The van der Waals surface area contributed by atoms with Crippen molar-refractivity contribution in [3.8, 4) is 0 Å². The van der Waals surface area contributed by atoms with Gasteiger partial charge in [0.1, 0.15) is 0 Å². The van der Waals surface area contributed by atoms with Crippen LogP contribution in [0.25, 0.3) is 0 Å².